The van der Waals surface area contributed by atoms with Crippen LogP contribution in [-0.2, 0) is 16.0 Å². The number of carbonyl (C=O) groups excluding carboxylic acids is 1. The SMILES string of the molecule is O=C(OC(C(F)(F)F)C(F)(F)F)N1CCC2(CCCN2Cc2ccc(Cl)cc2N2CCOCC2)CC1. The minimum atomic E-state index is -5.73. The Kier molecular flexibility index (Phi) is 7.87. The van der Waals surface area contributed by atoms with E-state index in [1.165, 1.54) is 0 Å². The third-order valence-electron chi connectivity index (χ3n) is 7.27. The zero-order valence-electron chi connectivity index (χ0n) is 19.5. The third kappa shape index (κ3) is 5.96. The van der Waals surface area contributed by atoms with Gasteiger partial charge in [-0.1, -0.05) is 17.7 Å². The number of likely N-dealkylation sites (tertiary alicyclic amines) is 2. The summed E-state index contributed by atoms with van der Waals surface area (Å²) in [5.74, 6) is 0. The summed E-state index contributed by atoms with van der Waals surface area (Å²) in [6, 6.07) is 5.75. The number of rotatable bonds is 4. The van der Waals surface area contributed by atoms with Crippen LogP contribution in [0.5, 0.6) is 0 Å². The van der Waals surface area contributed by atoms with Gasteiger partial charge in [-0.05, 0) is 49.9 Å². The number of amides is 1. The molecule has 36 heavy (non-hydrogen) atoms. The van der Waals surface area contributed by atoms with Gasteiger partial charge in [0.2, 0.25) is 0 Å². The van der Waals surface area contributed by atoms with E-state index in [0.717, 1.165) is 48.6 Å². The Balaban J connectivity index is 1.42. The molecule has 1 aromatic rings. The minimum absolute atomic E-state index is 0.0225. The van der Waals surface area contributed by atoms with Crippen molar-refractivity contribution in [1.82, 2.24) is 9.80 Å². The summed E-state index contributed by atoms with van der Waals surface area (Å²) >= 11 is 6.27. The summed E-state index contributed by atoms with van der Waals surface area (Å²) < 4.78 is 86.1. The van der Waals surface area contributed by atoms with Crippen LogP contribution in [-0.4, -0.2) is 85.8 Å². The fourth-order valence-corrected chi connectivity index (χ4v) is 5.55. The van der Waals surface area contributed by atoms with Crippen LogP contribution in [0.1, 0.15) is 31.2 Å². The minimum Gasteiger partial charge on any atom is -0.426 e. The van der Waals surface area contributed by atoms with Gasteiger partial charge in [-0.3, -0.25) is 4.90 Å². The number of ether oxygens (including phenoxy) is 2. The fraction of sp³-hybridized carbons (Fsp3) is 0.696. The average Bonchev–Trinajstić information content (AvgIpc) is 3.19. The maximum absolute atomic E-state index is 12.8. The van der Waals surface area contributed by atoms with Gasteiger partial charge < -0.3 is 19.3 Å². The quantitative estimate of drug-likeness (QED) is 0.486. The van der Waals surface area contributed by atoms with Gasteiger partial charge in [0.1, 0.15) is 0 Å². The van der Waals surface area contributed by atoms with E-state index < -0.39 is 24.5 Å². The Hall–Kier alpha value is -1.92. The molecule has 0 bridgehead atoms. The van der Waals surface area contributed by atoms with E-state index in [4.69, 9.17) is 16.3 Å². The molecule has 1 spiro atoms. The van der Waals surface area contributed by atoms with Gasteiger partial charge in [-0.25, -0.2) is 4.79 Å². The Morgan fingerprint density at radius 1 is 1.00 bits per heavy atom. The van der Waals surface area contributed by atoms with Gasteiger partial charge in [-0.2, -0.15) is 26.3 Å². The Morgan fingerprint density at radius 2 is 1.64 bits per heavy atom. The first-order valence-corrected chi connectivity index (χ1v) is 12.2. The molecule has 0 atom stereocenters. The number of morpholine rings is 1. The van der Waals surface area contributed by atoms with E-state index >= 15 is 0 Å². The molecule has 3 heterocycles. The van der Waals surface area contributed by atoms with Crippen LogP contribution < -0.4 is 4.90 Å². The van der Waals surface area contributed by atoms with Gasteiger partial charge >= 0.3 is 18.4 Å². The normalized spacial score (nSPS) is 21.4. The van der Waals surface area contributed by atoms with Crippen LogP contribution in [0, 0.1) is 0 Å². The van der Waals surface area contributed by atoms with E-state index in [0.29, 0.717) is 37.6 Å². The van der Waals surface area contributed by atoms with Crippen molar-refractivity contribution in [2.24, 2.45) is 0 Å². The summed E-state index contributed by atoms with van der Waals surface area (Å²) in [6.07, 6.45) is -14.6. The Bertz CT molecular complexity index is 917. The molecule has 3 fully saturated rings. The molecule has 1 amide bonds. The molecule has 3 aliphatic rings. The van der Waals surface area contributed by atoms with Crippen LogP contribution in [0.3, 0.4) is 0 Å². The molecule has 6 nitrogen and oxygen atoms in total. The van der Waals surface area contributed by atoms with Crippen LogP contribution in [0.15, 0.2) is 18.2 Å². The summed E-state index contributed by atoms with van der Waals surface area (Å²) in [6.45, 7) is 4.20. The molecule has 0 unspecified atom stereocenters. The zero-order chi connectivity index (χ0) is 26.1. The summed E-state index contributed by atoms with van der Waals surface area (Å²) in [5.41, 5.74) is 1.83. The van der Waals surface area contributed by atoms with E-state index in [9.17, 15) is 31.1 Å². The molecule has 13 heteroatoms. The largest absolute Gasteiger partial charge is 0.434 e. The second kappa shape index (κ2) is 10.4. The molecule has 202 valence electrons. The lowest BCUT2D eigenvalue weighted by Crippen LogP contribution is -2.54. The van der Waals surface area contributed by atoms with E-state index in [1.807, 2.05) is 18.2 Å². The van der Waals surface area contributed by atoms with Crippen molar-refractivity contribution in [3.8, 4) is 0 Å². The maximum atomic E-state index is 12.8. The Labute approximate surface area is 210 Å². The Morgan fingerprint density at radius 3 is 2.25 bits per heavy atom. The van der Waals surface area contributed by atoms with Crippen molar-refractivity contribution >= 4 is 23.4 Å². The highest BCUT2D eigenvalue weighted by atomic mass is 35.5. The number of alkyl halides is 6. The van der Waals surface area contributed by atoms with Crippen molar-refractivity contribution in [3.05, 3.63) is 28.8 Å². The lowest BCUT2D eigenvalue weighted by Gasteiger charge is -2.45. The summed E-state index contributed by atoms with van der Waals surface area (Å²) in [5, 5.41) is 0.624. The number of hydrogen-bond donors (Lipinski definition) is 0. The van der Waals surface area contributed by atoms with Crippen molar-refractivity contribution in [3.63, 3.8) is 0 Å². The van der Waals surface area contributed by atoms with Crippen molar-refractivity contribution < 1.29 is 40.6 Å². The van der Waals surface area contributed by atoms with Gasteiger partial charge in [-0.15, -0.1) is 0 Å². The number of piperidine rings is 1. The molecule has 0 saturated carbocycles. The van der Waals surface area contributed by atoms with Crippen LogP contribution in [0.2, 0.25) is 5.02 Å². The second-order valence-electron chi connectivity index (χ2n) is 9.46. The van der Waals surface area contributed by atoms with Crippen molar-refractivity contribution in [1.29, 1.82) is 0 Å². The van der Waals surface area contributed by atoms with Crippen LogP contribution in [0.25, 0.3) is 0 Å². The number of nitrogens with zero attached hydrogens (tertiary/aromatic N) is 3. The number of anilines is 1. The lowest BCUT2D eigenvalue weighted by molar-refractivity contribution is -0.308. The van der Waals surface area contributed by atoms with Gasteiger partial charge in [0.25, 0.3) is 6.10 Å². The predicted molar refractivity (Wildman–Crippen MR) is 120 cm³/mol. The zero-order valence-corrected chi connectivity index (χ0v) is 20.3. The first kappa shape index (κ1) is 27.1. The second-order valence-corrected chi connectivity index (χ2v) is 9.89. The molecule has 0 aliphatic carbocycles. The van der Waals surface area contributed by atoms with E-state index in [1.54, 1.807) is 0 Å². The number of benzene rings is 1. The summed E-state index contributed by atoms with van der Waals surface area (Å²) in [4.78, 5) is 17.7. The molecule has 4 rings (SSSR count). The molecular weight excluding hydrogens is 516 g/mol. The maximum Gasteiger partial charge on any atom is 0.434 e. The monoisotopic (exact) mass is 543 g/mol. The summed E-state index contributed by atoms with van der Waals surface area (Å²) in [7, 11) is 0. The van der Waals surface area contributed by atoms with Crippen molar-refractivity contribution in [2.75, 3.05) is 50.8 Å². The number of hydrogen-bond acceptors (Lipinski definition) is 5. The molecule has 0 N–H and O–H groups in total. The first-order chi connectivity index (χ1) is 16.9. The number of carbonyl (C=O) groups is 1. The van der Waals surface area contributed by atoms with Gasteiger partial charge in [0.15, 0.2) is 0 Å². The highest BCUT2D eigenvalue weighted by molar-refractivity contribution is 6.30. The lowest BCUT2D eigenvalue weighted by atomic mass is 9.84. The standard InChI is InChI=1S/C23H28ClF6N3O3/c24-17-3-2-16(18(14-17)31-10-12-35-13-11-31)15-33-7-1-4-21(33)5-8-32(9-6-21)20(34)36-19(22(25,26)27)23(28,29)30/h2-3,14,19H,1,4-13,15H2. The molecule has 1 aromatic carbocycles. The van der Waals surface area contributed by atoms with Crippen molar-refractivity contribution in [2.45, 2.75) is 56.2 Å². The highest BCUT2D eigenvalue weighted by Crippen LogP contribution is 2.41. The first-order valence-electron chi connectivity index (χ1n) is 11.8. The highest BCUT2D eigenvalue weighted by Gasteiger charge is 2.60. The molecule has 3 saturated heterocycles. The number of halogens is 7. The smallest absolute Gasteiger partial charge is 0.426 e. The molecule has 3 aliphatic heterocycles. The molecule has 0 aromatic heterocycles. The van der Waals surface area contributed by atoms with E-state index in [-0.39, 0.29) is 18.6 Å². The van der Waals surface area contributed by atoms with Crippen LogP contribution >= 0.6 is 11.6 Å². The topological polar surface area (TPSA) is 45.2 Å². The molecular formula is C23H28ClF6N3O3. The van der Waals surface area contributed by atoms with Crippen LogP contribution in [0.4, 0.5) is 36.8 Å². The third-order valence-corrected chi connectivity index (χ3v) is 7.50. The van der Waals surface area contributed by atoms with Gasteiger partial charge in [0.05, 0.1) is 13.2 Å². The predicted octanol–water partition coefficient (Wildman–Crippen LogP) is 5.24. The van der Waals surface area contributed by atoms with E-state index in [2.05, 4.69) is 14.5 Å². The fourth-order valence-electron chi connectivity index (χ4n) is 5.38. The molecule has 0 radical (unpaired) electrons. The van der Waals surface area contributed by atoms with Gasteiger partial charge in [0, 0.05) is 49.0 Å². The average molecular weight is 544 g/mol.